The molecule has 1 fully saturated rings. The van der Waals surface area contributed by atoms with Gasteiger partial charge in [-0.25, -0.2) is 0 Å². The van der Waals surface area contributed by atoms with E-state index in [1.165, 1.54) is 0 Å². The number of hydrogen-bond acceptors (Lipinski definition) is 3. The minimum atomic E-state index is -0.259. The summed E-state index contributed by atoms with van der Waals surface area (Å²) in [5, 5.41) is 2.84. The van der Waals surface area contributed by atoms with Crippen LogP contribution in [0.2, 0.25) is 0 Å². The molecule has 0 atom stereocenters. The number of benzene rings is 2. The lowest BCUT2D eigenvalue weighted by atomic mass is 10.2. The molecular formula is C19H20N2O3. The van der Waals surface area contributed by atoms with Gasteiger partial charge in [0.1, 0.15) is 5.75 Å². The van der Waals surface area contributed by atoms with Crippen molar-refractivity contribution < 1.29 is 14.3 Å². The molecule has 24 heavy (non-hydrogen) atoms. The van der Waals surface area contributed by atoms with E-state index in [4.69, 9.17) is 4.74 Å². The Bertz CT molecular complexity index is 726. The largest absolute Gasteiger partial charge is 0.484 e. The molecular weight excluding hydrogens is 304 g/mol. The minimum absolute atomic E-state index is 0.0141. The Balaban J connectivity index is 1.68. The maximum atomic E-state index is 12.2. The van der Waals surface area contributed by atoms with Gasteiger partial charge in [-0.3, -0.25) is 9.59 Å². The van der Waals surface area contributed by atoms with Gasteiger partial charge in [0.05, 0.1) is 11.4 Å². The van der Waals surface area contributed by atoms with Crippen LogP contribution >= 0.6 is 0 Å². The lowest BCUT2D eigenvalue weighted by Crippen LogP contribution is -2.32. The maximum absolute atomic E-state index is 12.2. The fraction of sp³-hybridized carbons (Fsp3) is 0.263. The predicted octanol–water partition coefficient (Wildman–Crippen LogP) is 3.22. The molecule has 0 aromatic heterocycles. The standard InChI is InChI=1S/C19H20N2O3/c1-14(22)21(15-11-12-15)18-10-6-5-9-17(18)20-19(23)13-24-16-7-3-2-4-8-16/h2-10,15H,11-13H2,1H3,(H,20,23). The van der Waals surface area contributed by atoms with Crippen LogP contribution in [0.25, 0.3) is 0 Å². The summed E-state index contributed by atoms with van der Waals surface area (Å²) < 4.78 is 5.46. The molecule has 2 aromatic carbocycles. The number of hydrogen-bond donors (Lipinski definition) is 1. The number of anilines is 2. The molecule has 0 spiro atoms. The second-order valence-corrected chi connectivity index (χ2v) is 5.79. The summed E-state index contributed by atoms with van der Waals surface area (Å²) >= 11 is 0. The molecule has 0 saturated heterocycles. The third-order valence-electron chi connectivity index (χ3n) is 3.80. The number of para-hydroxylation sites is 3. The molecule has 0 heterocycles. The van der Waals surface area contributed by atoms with Gasteiger partial charge >= 0.3 is 0 Å². The Morgan fingerprint density at radius 1 is 1.08 bits per heavy atom. The van der Waals surface area contributed by atoms with E-state index in [1.807, 2.05) is 36.4 Å². The Morgan fingerprint density at radius 2 is 1.75 bits per heavy atom. The van der Waals surface area contributed by atoms with E-state index >= 15 is 0 Å². The van der Waals surface area contributed by atoms with Crippen LogP contribution in [-0.2, 0) is 9.59 Å². The monoisotopic (exact) mass is 324 g/mol. The van der Waals surface area contributed by atoms with E-state index in [0.29, 0.717) is 11.4 Å². The van der Waals surface area contributed by atoms with Crippen LogP contribution in [0.15, 0.2) is 54.6 Å². The summed E-state index contributed by atoms with van der Waals surface area (Å²) in [6, 6.07) is 16.8. The van der Waals surface area contributed by atoms with Crippen LogP contribution < -0.4 is 15.0 Å². The van der Waals surface area contributed by atoms with Gasteiger partial charge in [-0.15, -0.1) is 0 Å². The summed E-state index contributed by atoms with van der Waals surface area (Å²) in [7, 11) is 0. The Labute approximate surface area is 141 Å². The molecule has 1 aliphatic carbocycles. The van der Waals surface area contributed by atoms with E-state index < -0.39 is 0 Å². The van der Waals surface area contributed by atoms with E-state index in [1.54, 1.807) is 30.0 Å². The molecule has 5 nitrogen and oxygen atoms in total. The van der Waals surface area contributed by atoms with E-state index in [0.717, 1.165) is 18.5 Å². The second kappa shape index (κ2) is 7.17. The van der Waals surface area contributed by atoms with Crippen LogP contribution in [0.4, 0.5) is 11.4 Å². The van der Waals surface area contributed by atoms with Crippen LogP contribution in [0.5, 0.6) is 5.75 Å². The highest BCUT2D eigenvalue weighted by Gasteiger charge is 2.33. The van der Waals surface area contributed by atoms with Gasteiger partial charge in [0.15, 0.2) is 6.61 Å². The Morgan fingerprint density at radius 3 is 2.42 bits per heavy atom. The van der Waals surface area contributed by atoms with Gasteiger partial charge in [-0.2, -0.15) is 0 Å². The van der Waals surface area contributed by atoms with Crippen molar-refractivity contribution in [2.75, 3.05) is 16.8 Å². The summed E-state index contributed by atoms with van der Waals surface area (Å²) in [6.45, 7) is 1.47. The van der Waals surface area contributed by atoms with Gasteiger partial charge in [0, 0.05) is 13.0 Å². The summed E-state index contributed by atoms with van der Waals surface area (Å²) in [4.78, 5) is 25.9. The van der Waals surface area contributed by atoms with Crippen LogP contribution in [0.1, 0.15) is 19.8 Å². The molecule has 2 amide bonds. The third kappa shape index (κ3) is 3.93. The van der Waals surface area contributed by atoms with E-state index in [2.05, 4.69) is 5.32 Å². The first-order valence-electron chi connectivity index (χ1n) is 8.01. The molecule has 1 aliphatic rings. The topological polar surface area (TPSA) is 58.6 Å². The lowest BCUT2D eigenvalue weighted by molar-refractivity contribution is -0.118. The molecule has 3 rings (SSSR count). The van der Waals surface area contributed by atoms with Crippen LogP contribution in [-0.4, -0.2) is 24.5 Å². The van der Waals surface area contributed by atoms with Crippen molar-refractivity contribution in [1.82, 2.24) is 0 Å². The second-order valence-electron chi connectivity index (χ2n) is 5.79. The number of ether oxygens (including phenoxy) is 1. The van der Waals surface area contributed by atoms with Crippen molar-refractivity contribution in [3.8, 4) is 5.75 Å². The number of nitrogens with zero attached hydrogens (tertiary/aromatic N) is 1. The quantitative estimate of drug-likeness (QED) is 0.887. The highest BCUT2D eigenvalue weighted by Crippen LogP contribution is 2.35. The number of carbonyl (C=O) groups excluding carboxylic acids is 2. The average molecular weight is 324 g/mol. The molecule has 0 bridgehead atoms. The lowest BCUT2D eigenvalue weighted by Gasteiger charge is -2.23. The average Bonchev–Trinajstić information content (AvgIpc) is 3.40. The summed E-state index contributed by atoms with van der Waals surface area (Å²) in [6.07, 6.45) is 2.00. The molecule has 0 aliphatic heterocycles. The van der Waals surface area contributed by atoms with Crippen molar-refractivity contribution >= 4 is 23.2 Å². The molecule has 5 heteroatoms. The SMILES string of the molecule is CC(=O)N(c1ccccc1NC(=O)COc1ccccc1)C1CC1. The number of amides is 2. The fourth-order valence-corrected chi connectivity index (χ4v) is 2.60. The molecule has 124 valence electrons. The molecule has 0 unspecified atom stereocenters. The first-order chi connectivity index (χ1) is 11.6. The smallest absolute Gasteiger partial charge is 0.262 e. The molecule has 2 aromatic rings. The molecule has 1 N–H and O–H groups in total. The maximum Gasteiger partial charge on any atom is 0.262 e. The zero-order chi connectivity index (χ0) is 16.9. The molecule has 1 saturated carbocycles. The first-order valence-corrected chi connectivity index (χ1v) is 8.01. The first kappa shape index (κ1) is 16.1. The van der Waals surface area contributed by atoms with Crippen LogP contribution in [0.3, 0.4) is 0 Å². The normalized spacial score (nSPS) is 13.2. The Kier molecular flexibility index (Phi) is 4.79. The predicted molar refractivity (Wildman–Crippen MR) is 93.2 cm³/mol. The summed E-state index contributed by atoms with van der Waals surface area (Å²) in [5.74, 6) is 0.370. The fourth-order valence-electron chi connectivity index (χ4n) is 2.60. The van der Waals surface area contributed by atoms with Crippen LogP contribution in [0, 0.1) is 0 Å². The van der Waals surface area contributed by atoms with Crippen molar-refractivity contribution in [2.24, 2.45) is 0 Å². The highest BCUT2D eigenvalue weighted by molar-refractivity contribution is 6.01. The number of nitrogens with one attached hydrogen (secondary N) is 1. The Hall–Kier alpha value is -2.82. The highest BCUT2D eigenvalue weighted by atomic mass is 16.5. The minimum Gasteiger partial charge on any atom is -0.484 e. The van der Waals surface area contributed by atoms with Gasteiger partial charge in [0.25, 0.3) is 5.91 Å². The molecule has 0 radical (unpaired) electrons. The van der Waals surface area contributed by atoms with Crippen molar-refractivity contribution in [3.63, 3.8) is 0 Å². The van der Waals surface area contributed by atoms with E-state index in [-0.39, 0.29) is 24.5 Å². The van der Waals surface area contributed by atoms with Gasteiger partial charge < -0.3 is 15.0 Å². The zero-order valence-corrected chi connectivity index (χ0v) is 13.6. The van der Waals surface area contributed by atoms with Crippen molar-refractivity contribution in [2.45, 2.75) is 25.8 Å². The van der Waals surface area contributed by atoms with Gasteiger partial charge in [-0.05, 0) is 37.1 Å². The number of rotatable bonds is 6. The number of carbonyl (C=O) groups is 2. The van der Waals surface area contributed by atoms with Crippen molar-refractivity contribution in [3.05, 3.63) is 54.6 Å². The van der Waals surface area contributed by atoms with E-state index in [9.17, 15) is 9.59 Å². The third-order valence-corrected chi connectivity index (χ3v) is 3.80. The zero-order valence-electron chi connectivity index (χ0n) is 13.6. The van der Waals surface area contributed by atoms with Gasteiger partial charge in [-0.1, -0.05) is 30.3 Å². The van der Waals surface area contributed by atoms with Crippen molar-refractivity contribution in [1.29, 1.82) is 0 Å². The van der Waals surface area contributed by atoms with Gasteiger partial charge in [0.2, 0.25) is 5.91 Å². The summed E-state index contributed by atoms with van der Waals surface area (Å²) in [5.41, 5.74) is 1.36.